The molecule has 0 unspecified atom stereocenters. The summed E-state index contributed by atoms with van der Waals surface area (Å²) in [5, 5.41) is 15.0. The lowest BCUT2D eigenvalue weighted by molar-refractivity contribution is -0.389. The van der Waals surface area contributed by atoms with E-state index >= 15 is 0 Å². The van der Waals surface area contributed by atoms with E-state index in [0.29, 0.717) is 22.9 Å². The molecule has 7 nitrogen and oxygen atoms in total. The molecule has 0 aliphatic carbocycles. The summed E-state index contributed by atoms with van der Waals surface area (Å²) in [7, 11) is 0. The summed E-state index contributed by atoms with van der Waals surface area (Å²) in [6.07, 6.45) is 0.528. The highest BCUT2D eigenvalue weighted by atomic mass is 32.1. The van der Waals surface area contributed by atoms with Gasteiger partial charge in [-0.25, -0.2) is 9.97 Å². The van der Waals surface area contributed by atoms with Crippen LogP contribution in [0.1, 0.15) is 0 Å². The zero-order valence-corrected chi connectivity index (χ0v) is 8.65. The minimum absolute atomic E-state index is 0.0899. The molecule has 0 saturated carbocycles. The van der Waals surface area contributed by atoms with Crippen LogP contribution in [0.25, 0.3) is 11.4 Å². The van der Waals surface area contributed by atoms with Gasteiger partial charge in [-0.05, 0) is 11.0 Å². The molecule has 0 aliphatic rings. The number of thiazole rings is 1. The molecule has 2 aromatic rings. The third-order valence-corrected chi connectivity index (χ3v) is 2.60. The van der Waals surface area contributed by atoms with E-state index in [4.69, 9.17) is 0 Å². The van der Waals surface area contributed by atoms with Crippen molar-refractivity contribution in [2.24, 2.45) is 0 Å². The van der Waals surface area contributed by atoms with Crippen LogP contribution in [0.3, 0.4) is 0 Å². The Labute approximate surface area is 93.3 Å². The number of nitrogens with zero attached hydrogens (tertiary/aromatic N) is 2. The van der Waals surface area contributed by atoms with Crippen molar-refractivity contribution in [2.75, 3.05) is 5.32 Å². The maximum Gasteiger partial charge on any atom is 0.321 e. The van der Waals surface area contributed by atoms with Crippen LogP contribution in [-0.4, -0.2) is 21.3 Å². The van der Waals surface area contributed by atoms with E-state index in [1.54, 1.807) is 11.4 Å². The first-order valence-electron chi connectivity index (χ1n) is 4.20. The van der Waals surface area contributed by atoms with E-state index in [9.17, 15) is 14.9 Å². The van der Waals surface area contributed by atoms with E-state index in [-0.39, 0.29) is 5.82 Å². The first-order chi connectivity index (χ1) is 7.70. The Morgan fingerprint density at radius 1 is 1.56 bits per heavy atom. The zero-order valence-electron chi connectivity index (χ0n) is 7.84. The standard InChI is InChI=1S/C8H6N4O3S/c13-4-9-8-11-6(3-16-8)5-1-2-7(10-5)12(14)15/h1-4,10H,(H,9,11,13). The average molecular weight is 238 g/mol. The highest BCUT2D eigenvalue weighted by Crippen LogP contribution is 2.25. The third-order valence-electron chi connectivity index (χ3n) is 1.83. The Bertz CT molecular complexity index is 533. The van der Waals surface area contributed by atoms with Crippen LogP contribution < -0.4 is 5.32 Å². The summed E-state index contributed by atoms with van der Waals surface area (Å²) < 4.78 is 0. The second kappa shape index (κ2) is 4.11. The number of anilines is 1. The number of rotatable bonds is 4. The minimum atomic E-state index is -0.513. The van der Waals surface area contributed by atoms with Gasteiger partial charge in [-0.2, -0.15) is 0 Å². The van der Waals surface area contributed by atoms with Crippen molar-refractivity contribution in [3.05, 3.63) is 27.6 Å². The Kier molecular flexibility index (Phi) is 2.64. The lowest BCUT2D eigenvalue weighted by atomic mass is 10.3. The van der Waals surface area contributed by atoms with Crippen molar-refractivity contribution in [1.82, 2.24) is 9.97 Å². The molecule has 0 saturated heterocycles. The maximum absolute atomic E-state index is 10.5. The van der Waals surface area contributed by atoms with Crippen LogP contribution in [0.5, 0.6) is 0 Å². The van der Waals surface area contributed by atoms with Crippen LogP contribution in [-0.2, 0) is 4.79 Å². The Balaban J connectivity index is 2.27. The molecular formula is C8H6N4O3S. The molecule has 2 heterocycles. The van der Waals surface area contributed by atoms with E-state index in [2.05, 4.69) is 15.3 Å². The molecule has 0 aliphatic heterocycles. The SMILES string of the molecule is O=CNc1nc(-c2ccc([N+](=O)[O-])[nH]2)cs1. The fraction of sp³-hybridized carbons (Fsp3) is 0. The summed E-state index contributed by atoms with van der Waals surface area (Å²) in [6, 6.07) is 2.93. The van der Waals surface area contributed by atoms with Crippen LogP contribution in [0, 0.1) is 10.1 Å². The molecule has 1 amide bonds. The van der Waals surface area contributed by atoms with Gasteiger partial charge in [-0.1, -0.05) is 0 Å². The van der Waals surface area contributed by atoms with Crippen molar-refractivity contribution >= 4 is 28.7 Å². The fourth-order valence-corrected chi connectivity index (χ4v) is 1.82. The first-order valence-corrected chi connectivity index (χ1v) is 5.08. The summed E-state index contributed by atoms with van der Waals surface area (Å²) in [5.74, 6) is -0.0899. The van der Waals surface area contributed by atoms with Crippen LogP contribution in [0.4, 0.5) is 10.9 Å². The molecule has 2 rings (SSSR count). The van der Waals surface area contributed by atoms with Crippen LogP contribution in [0.15, 0.2) is 17.5 Å². The third kappa shape index (κ3) is 1.91. The van der Waals surface area contributed by atoms with E-state index in [1.807, 2.05) is 0 Å². The first kappa shape index (κ1) is 10.3. The molecule has 0 fully saturated rings. The minimum Gasteiger partial charge on any atom is -0.358 e. The van der Waals surface area contributed by atoms with Crippen molar-refractivity contribution in [1.29, 1.82) is 0 Å². The van der Waals surface area contributed by atoms with Gasteiger partial charge >= 0.3 is 5.82 Å². The molecule has 0 radical (unpaired) electrons. The predicted molar refractivity (Wildman–Crippen MR) is 58.2 cm³/mol. The van der Waals surface area contributed by atoms with Gasteiger partial charge in [0.1, 0.15) is 5.69 Å². The van der Waals surface area contributed by atoms with Gasteiger partial charge in [-0.3, -0.25) is 4.79 Å². The Morgan fingerprint density at radius 3 is 3.00 bits per heavy atom. The summed E-state index contributed by atoms with van der Waals surface area (Å²) in [4.78, 5) is 26.8. The summed E-state index contributed by atoms with van der Waals surface area (Å²) >= 11 is 1.24. The molecule has 0 bridgehead atoms. The van der Waals surface area contributed by atoms with E-state index in [1.165, 1.54) is 17.4 Å². The number of amides is 1. The lowest BCUT2D eigenvalue weighted by Gasteiger charge is -1.88. The predicted octanol–water partition coefficient (Wildman–Crippen LogP) is 1.61. The Morgan fingerprint density at radius 2 is 2.38 bits per heavy atom. The number of H-pyrrole nitrogens is 1. The van der Waals surface area contributed by atoms with Crippen molar-refractivity contribution in [3.63, 3.8) is 0 Å². The molecule has 0 atom stereocenters. The van der Waals surface area contributed by atoms with Gasteiger partial charge in [0.2, 0.25) is 6.41 Å². The highest BCUT2D eigenvalue weighted by molar-refractivity contribution is 7.14. The molecule has 2 aromatic heterocycles. The summed E-state index contributed by atoms with van der Waals surface area (Å²) in [6.45, 7) is 0. The monoisotopic (exact) mass is 238 g/mol. The molecule has 8 heteroatoms. The van der Waals surface area contributed by atoms with Crippen LogP contribution in [0.2, 0.25) is 0 Å². The quantitative estimate of drug-likeness (QED) is 0.480. The number of aromatic amines is 1. The molecule has 0 spiro atoms. The largest absolute Gasteiger partial charge is 0.358 e. The van der Waals surface area contributed by atoms with E-state index < -0.39 is 4.92 Å². The van der Waals surface area contributed by atoms with E-state index in [0.717, 1.165) is 0 Å². The van der Waals surface area contributed by atoms with Gasteiger partial charge in [0.05, 0.1) is 0 Å². The number of nitrogens with one attached hydrogen (secondary N) is 2. The number of aromatic nitrogens is 2. The lowest BCUT2D eigenvalue weighted by Crippen LogP contribution is -1.92. The Hall–Kier alpha value is -2.22. The number of hydrogen-bond acceptors (Lipinski definition) is 5. The second-order valence-corrected chi connectivity index (χ2v) is 3.67. The number of carbonyl (C=O) groups excluding carboxylic acids is 1. The molecule has 16 heavy (non-hydrogen) atoms. The number of hydrogen-bond donors (Lipinski definition) is 2. The van der Waals surface area contributed by atoms with Gasteiger partial charge < -0.3 is 15.4 Å². The van der Waals surface area contributed by atoms with Crippen molar-refractivity contribution in [3.8, 4) is 11.4 Å². The van der Waals surface area contributed by atoms with Crippen molar-refractivity contribution < 1.29 is 9.72 Å². The summed E-state index contributed by atoms with van der Waals surface area (Å²) in [5.41, 5.74) is 1.10. The number of nitro groups is 1. The average Bonchev–Trinajstić information content (AvgIpc) is 2.84. The normalized spacial score (nSPS) is 10.0. The fourth-order valence-electron chi connectivity index (χ4n) is 1.15. The van der Waals surface area contributed by atoms with Crippen molar-refractivity contribution in [2.45, 2.75) is 0 Å². The molecule has 2 N–H and O–H groups in total. The highest BCUT2D eigenvalue weighted by Gasteiger charge is 2.12. The maximum atomic E-state index is 10.5. The van der Waals surface area contributed by atoms with Gasteiger partial charge in [0.15, 0.2) is 10.8 Å². The smallest absolute Gasteiger partial charge is 0.321 e. The zero-order chi connectivity index (χ0) is 11.5. The molecule has 0 aromatic carbocycles. The van der Waals surface area contributed by atoms with Gasteiger partial charge in [-0.15, -0.1) is 11.3 Å². The topological polar surface area (TPSA) is 101 Å². The van der Waals surface area contributed by atoms with Gasteiger partial charge in [0, 0.05) is 11.4 Å². The molecule has 82 valence electrons. The number of carbonyl (C=O) groups is 1. The van der Waals surface area contributed by atoms with Crippen LogP contribution >= 0.6 is 11.3 Å². The van der Waals surface area contributed by atoms with Gasteiger partial charge in [0.25, 0.3) is 0 Å². The second-order valence-electron chi connectivity index (χ2n) is 2.81. The molecular weight excluding hydrogens is 232 g/mol.